The third-order valence-electron chi connectivity index (χ3n) is 5.42. The van der Waals surface area contributed by atoms with Crippen LogP contribution in [0.5, 0.6) is 5.75 Å². The second-order valence-electron chi connectivity index (χ2n) is 7.87. The van der Waals surface area contributed by atoms with E-state index < -0.39 is 11.7 Å². The predicted molar refractivity (Wildman–Crippen MR) is 114 cm³/mol. The molecule has 0 aromatic heterocycles. The Hall–Kier alpha value is -1.41. The summed E-state index contributed by atoms with van der Waals surface area (Å²) in [5.41, 5.74) is -0.348. The molecule has 2 aliphatic heterocycles. The van der Waals surface area contributed by atoms with Crippen LogP contribution in [-0.2, 0) is 6.18 Å². The lowest BCUT2D eigenvalue weighted by Gasteiger charge is -2.31. The summed E-state index contributed by atoms with van der Waals surface area (Å²) in [5, 5.41) is 3.78. The van der Waals surface area contributed by atoms with Gasteiger partial charge in [0, 0.05) is 18.0 Å². The number of ether oxygens (including phenoxy) is 1. The standard InChI is InChI=1S/C21H30F3N3OS/c1-3-4-5-11-28-19-9-8-16(12-17(19)21(22,23)24)25-20-26-18(14-29-20)15-7-6-10-27(2)13-15/h8-9,12,15,18H,3-7,10-11,13-14H2,1-2H3,(H,25,26)/t15-,18?/m0/s1. The van der Waals surface area contributed by atoms with Gasteiger partial charge in [-0.05, 0) is 57.0 Å². The third-order valence-corrected chi connectivity index (χ3v) is 6.41. The van der Waals surface area contributed by atoms with E-state index in [1.807, 2.05) is 6.92 Å². The molecule has 2 atom stereocenters. The lowest BCUT2D eigenvalue weighted by molar-refractivity contribution is -0.138. The molecule has 0 radical (unpaired) electrons. The zero-order chi connectivity index (χ0) is 20.9. The van der Waals surface area contributed by atoms with Gasteiger partial charge in [0.25, 0.3) is 0 Å². The van der Waals surface area contributed by atoms with Crippen molar-refractivity contribution >= 4 is 22.6 Å². The molecule has 2 aliphatic rings. The van der Waals surface area contributed by atoms with Crippen molar-refractivity contribution in [3.8, 4) is 5.75 Å². The van der Waals surface area contributed by atoms with Crippen molar-refractivity contribution in [2.75, 3.05) is 37.8 Å². The number of nitrogens with zero attached hydrogens (tertiary/aromatic N) is 2. The van der Waals surface area contributed by atoms with Crippen molar-refractivity contribution in [3.05, 3.63) is 23.8 Å². The van der Waals surface area contributed by atoms with Crippen molar-refractivity contribution in [2.24, 2.45) is 10.9 Å². The van der Waals surface area contributed by atoms with Gasteiger partial charge in [-0.1, -0.05) is 31.5 Å². The van der Waals surface area contributed by atoms with Crippen molar-refractivity contribution in [1.82, 2.24) is 4.90 Å². The number of thioether (sulfide) groups is 1. The summed E-state index contributed by atoms with van der Waals surface area (Å²) < 4.78 is 45.9. The molecular weight excluding hydrogens is 399 g/mol. The summed E-state index contributed by atoms with van der Waals surface area (Å²) in [6.45, 7) is 4.49. The number of nitrogens with one attached hydrogen (secondary N) is 1. The monoisotopic (exact) mass is 429 g/mol. The van der Waals surface area contributed by atoms with Crippen LogP contribution in [0.1, 0.15) is 44.6 Å². The lowest BCUT2D eigenvalue weighted by atomic mass is 9.92. The van der Waals surface area contributed by atoms with Crippen LogP contribution in [0.3, 0.4) is 0 Å². The van der Waals surface area contributed by atoms with Crippen LogP contribution in [0, 0.1) is 5.92 Å². The summed E-state index contributed by atoms with van der Waals surface area (Å²) in [5.74, 6) is 1.29. The van der Waals surface area contributed by atoms with Gasteiger partial charge in [0.2, 0.25) is 0 Å². The Bertz CT molecular complexity index is 711. The molecule has 0 bridgehead atoms. The summed E-state index contributed by atoms with van der Waals surface area (Å²) in [4.78, 5) is 7.08. The minimum absolute atomic E-state index is 0.108. The molecule has 1 saturated heterocycles. The molecule has 29 heavy (non-hydrogen) atoms. The number of hydrogen-bond acceptors (Lipinski definition) is 5. The Morgan fingerprint density at radius 1 is 1.31 bits per heavy atom. The van der Waals surface area contributed by atoms with E-state index >= 15 is 0 Å². The Labute approximate surface area is 175 Å². The molecule has 0 spiro atoms. The first-order valence-corrected chi connectivity index (χ1v) is 11.4. The molecule has 0 amide bonds. The Balaban J connectivity index is 1.66. The number of likely N-dealkylation sites (tertiary alicyclic amines) is 1. The van der Waals surface area contributed by atoms with E-state index in [4.69, 9.17) is 9.73 Å². The van der Waals surface area contributed by atoms with Crippen molar-refractivity contribution < 1.29 is 17.9 Å². The topological polar surface area (TPSA) is 36.9 Å². The first kappa shape index (κ1) is 22.3. The molecule has 1 N–H and O–H groups in total. The van der Waals surface area contributed by atoms with E-state index in [2.05, 4.69) is 17.3 Å². The molecular formula is C21H30F3N3OS. The molecule has 8 heteroatoms. The van der Waals surface area contributed by atoms with Gasteiger partial charge < -0.3 is 15.0 Å². The number of piperidine rings is 1. The van der Waals surface area contributed by atoms with Crippen molar-refractivity contribution in [3.63, 3.8) is 0 Å². The highest BCUT2D eigenvalue weighted by Gasteiger charge is 2.35. The largest absolute Gasteiger partial charge is 0.493 e. The van der Waals surface area contributed by atoms with Gasteiger partial charge in [-0.25, -0.2) is 0 Å². The number of halogens is 3. The van der Waals surface area contributed by atoms with Crippen molar-refractivity contribution in [2.45, 2.75) is 51.2 Å². The highest BCUT2D eigenvalue weighted by atomic mass is 32.2. The number of aliphatic imine (C=N–C) groups is 1. The van der Waals surface area contributed by atoms with Crippen LogP contribution >= 0.6 is 11.8 Å². The second kappa shape index (κ2) is 10.1. The van der Waals surface area contributed by atoms with Gasteiger partial charge in [0.05, 0.1) is 18.2 Å². The minimum Gasteiger partial charge on any atom is -0.493 e. The average Bonchev–Trinajstić information content (AvgIpc) is 3.14. The van der Waals surface area contributed by atoms with Gasteiger partial charge in [0.1, 0.15) is 5.75 Å². The number of benzene rings is 1. The van der Waals surface area contributed by atoms with Crippen LogP contribution in [-0.4, -0.2) is 48.6 Å². The third kappa shape index (κ3) is 6.28. The quantitative estimate of drug-likeness (QED) is 0.581. The van der Waals surface area contributed by atoms with Crippen LogP contribution in [0.4, 0.5) is 18.9 Å². The van der Waals surface area contributed by atoms with E-state index in [1.165, 1.54) is 12.5 Å². The summed E-state index contributed by atoms with van der Waals surface area (Å²) in [6, 6.07) is 4.40. The van der Waals surface area contributed by atoms with Crippen molar-refractivity contribution in [1.29, 1.82) is 0 Å². The summed E-state index contributed by atoms with van der Waals surface area (Å²) in [6.07, 6.45) is 0.562. The maximum Gasteiger partial charge on any atom is 0.420 e. The van der Waals surface area contributed by atoms with Gasteiger partial charge in [-0.2, -0.15) is 13.2 Å². The lowest BCUT2D eigenvalue weighted by Crippen LogP contribution is -2.37. The van der Waals surface area contributed by atoms with E-state index in [0.717, 1.165) is 50.6 Å². The number of rotatable bonds is 7. The van der Waals surface area contributed by atoms with Gasteiger partial charge in [-0.15, -0.1) is 0 Å². The number of unbranched alkanes of at least 4 members (excludes halogenated alkanes) is 2. The van der Waals surface area contributed by atoms with E-state index in [1.54, 1.807) is 17.8 Å². The fraction of sp³-hybridized carbons (Fsp3) is 0.667. The smallest absolute Gasteiger partial charge is 0.420 e. The highest BCUT2D eigenvalue weighted by molar-refractivity contribution is 8.14. The van der Waals surface area contributed by atoms with Gasteiger partial charge in [-0.3, -0.25) is 4.99 Å². The molecule has 1 aromatic carbocycles. The molecule has 162 valence electrons. The maximum absolute atomic E-state index is 13.5. The average molecular weight is 430 g/mol. The first-order chi connectivity index (χ1) is 13.9. The Morgan fingerprint density at radius 3 is 2.86 bits per heavy atom. The SMILES string of the molecule is CCCCCOc1ccc(NC2=NC([C@H]3CCCN(C)C3)CS2)cc1C(F)(F)F. The number of anilines is 1. The number of alkyl halides is 3. The van der Waals surface area contributed by atoms with E-state index in [-0.39, 0.29) is 11.8 Å². The first-order valence-electron chi connectivity index (χ1n) is 10.4. The fourth-order valence-electron chi connectivity index (χ4n) is 3.83. The Morgan fingerprint density at radius 2 is 2.14 bits per heavy atom. The predicted octanol–water partition coefficient (Wildman–Crippen LogP) is 5.50. The maximum atomic E-state index is 13.5. The second-order valence-corrected chi connectivity index (χ2v) is 8.88. The highest BCUT2D eigenvalue weighted by Crippen LogP contribution is 2.38. The molecule has 0 saturated carbocycles. The zero-order valence-corrected chi connectivity index (χ0v) is 17.9. The van der Waals surface area contributed by atoms with Crippen LogP contribution < -0.4 is 10.1 Å². The minimum atomic E-state index is -4.46. The zero-order valence-electron chi connectivity index (χ0n) is 17.1. The molecule has 1 aromatic rings. The molecule has 2 heterocycles. The Kier molecular flexibility index (Phi) is 7.73. The van der Waals surface area contributed by atoms with Gasteiger partial charge >= 0.3 is 6.18 Å². The number of hydrogen-bond donors (Lipinski definition) is 1. The normalized spacial score (nSPS) is 23.1. The molecule has 3 rings (SSSR count). The number of amidine groups is 1. The van der Waals surface area contributed by atoms with E-state index in [0.29, 0.717) is 23.4 Å². The molecule has 4 nitrogen and oxygen atoms in total. The molecule has 1 unspecified atom stereocenters. The summed E-state index contributed by atoms with van der Waals surface area (Å²) >= 11 is 1.58. The van der Waals surface area contributed by atoms with Crippen LogP contribution in [0.15, 0.2) is 23.2 Å². The van der Waals surface area contributed by atoms with Gasteiger partial charge in [0.15, 0.2) is 5.17 Å². The van der Waals surface area contributed by atoms with Crippen LogP contribution in [0.2, 0.25) is 0 Å². The molecule has 1 fully saturated rings. The van der Waals surface area contributed by atoms with Crippen LogP contribution in [0.25, 0.3) is 0 Å². The summed E-state index contributed by atoms with van der Waals surface area (Å²) in [7, 11) is 2.13. The molecule has 0 aliphatic carbocycles. The van der Waals surface area contributed by atoms with E-state index in [9.17, 15) is 13.2 Å². The fourth-order valence-corrected chi connectivity index (χ4v) is 4.91.